The van der Waals surface area contributed by atoms with Crippen molar-refractivity contribution in [2.75, 3.05) is 19.8 Å². The maximum absolute atomic E-state index is 11.0. The number of rotatable bonds is 4. The van der Waals surface area contributed by atoms with Crippen LogP contribution in [0.5, 0.6) is 0 Å². The molecule has 1 aliphatic rings. The van der Waals surface area contributed by atoms with Gasteiger partial charge in [0, 0.05) is 19.5 Å². The first-order valence-corrected chi connectivity index (χ1v) is 5.21. The lowest BCUT2D eigenvalue weighted by Gasteiger charge is -2.25. The summed E-state index contributed by atoms with van der Waals surface area (Å²) in [6, 6.07) is 0. The van der Waals surface area contributed by atoms with Crippen LogP contribution in [0.2, 0.25) is 0 Å². The van der Waals surface area contributed by atoms with Crippen LogP contribution in [0.4, 0.5) is 0 Å². The van der Waals surface area contributed by atoms with E-state index in [-0.39, 0.29) is 5.97 Å². The van der Waals surface area contributed by atoms with Gasteiger partial charge in [-0.15, -0.1) is 0 Å². The van der Waals surface area contributed by atoms with Gasteiger partial charge in [-0.25, -0.2) is 0 Å². The van der Waals surface area contributed by atoms with Crippen molar-refractivity contribution in [3.63, 3.8) is 0 Å². The number of carbonyl (C=O) groups is 1. The molecule has 0 aromatic rings. The van der Waals surface area contributed by atoms with E-state index in [0.29, 0.717) is 13.2 Å². The second-order valence-electron chi connectivity index (χ2n) is 3.57. The Balaban J connectivity index is 2.06. The zero-order valence-electron chi connectivity index (χ0n) is 8.42. The number of ether oxygens (including phenoxy) is 1. The first kappa shape index (κ1) is 10.5. The Labute approximate surface area is 80.1 Å². The first-order chi connectivity index (χ1) is 6.33. The predicted molar refractivity (Wildman–Crippen MR) is 51.3 cm³/mol. The second-order valence-corrected chi connectivity index (χ2v) is 3.57. The van der Waals surface area contributed by atoms with Crippen molar-refractivity contribution in [2.45, 2.75) is 39.0 Å². The van der Waals surface area contributed by atoms with E-state index >= 15 is 0 Å². The summed E-state index contributed by atoms with van der Waals surface area (Å²) in [6.45, 7) is 4.65. The van der Waals surface area contributed by atoms with Crippen molar-refractivity contribution in [3.8, 4) is 0 Å². The Morgan fingerprint density at radius 2 is 2.00 bits per heavy atom. The zero-order chi connectivity index (χ0) is 9.52. The van der Waals surface area contributed by atoms with Crippen molar-refractivity contribution >= 4 is 5.97 Å². The fourth-order valence-corrected chi connectivity index (χ4v) is 1.53. The molecule has 0 radical (unpaired) electrons. The summed E-state index contributed by atoms with van der Waals surface area (Å²) in [5.41, 5.74) is 0. The highest BCUT2D eigenvalue weighted by Crippen LogP contribution is 2.08. The molecule has 0 N–H and O–H groups in total. The van der Waals surface area contributed by atoms with Crippen molar-refractivity contribution in [2.24, 2.45) is 0 Å². The number of likely N-dealkylation sites (tertiary alicyclic amines) is 1. The van der Waals surface area contributed by atoms with Crippen molar-refractivity contribution in [1.82, 2.24) is 4.90 Å². The molecular formula is C10H19NO2. The Morgan fingerprint density at radius 1 is 1.31 bits per heavy atom. The van der Waals surface area contributed by atoms with Crippen LogP contribution in [-0.2, 0) is 9.53 Å². The molecular weight excluding hydrogens is 166 g/mol. The smallest absolute Gasteiger partial charge is 0.307 e. The summed E-state index contributed by atoms with van der Waals surface area (Å²) < 4.78 is 5.11. The molecule has 1 saturated heterocycles. The van der Waals surface area contributed by atoms with Gasteiger partial charge in [-0.3, -0.25) is 9.69 Å². The Kier molecular flexibility index (Phi) is 4.83. The lowest BCUT2D eigenvalue weighted by atomic mass is 10.1. The summed E-state index contributed by atoms with van der Waals surface area (Å²) in [7, 11) is 0. The topological polar surface area (TPSA) is 29.5 Å². The molecule has 0 aliphatic carbocycles. The molecule has 1 aliphatic heterocycles. The van der Waals surface area contributed by atoms with E-state index < -0.39 is 0 Å². The number of piperidine rings is 1. The Hall–Kier alpha value is -0.570. The van der Waals surface area contributed by atoms with Crippen molar-refractivity contribution in [3.05, 3.63) is 0 Å². The molecule has 1 fully saturated rings. The number of hydrogen-bond donors (Lipinski definition) is 0. The van der Waals surface area contributed by atoms with Gasteiger partial charge in [-0.1, -0.05) is 13.3 Å². The van der Waals surface area contributed by atoms with E-state index in [4.69, 9.17) is 4.74 Å². The summed E-state index contributed by atoms with van der Waals surface area (Å²) in [6.07, 6.45) is 5.22. The Morgan fingerprint density at radius 3 is 2.62 bits per heavy atom. The molecule has 0 atom stereocenters. The minimum absolute atomic E-state index is 0.0620. The average Bonchev–Trinajstić information content (AvgIpc) is 2.17. The largest absolute Gasteiger partial charge is 0.449 e. The molecule has 0 bridgehead atoms. The van der Waals surface area contributed by atoms with Gasteiger partial charge in [-0.2, -0.15) is 0 Å². The molecule has 0 aromatic carbocycles. The highest BCUT2D eigenvalue weighted by Gasteiger charge is 2.11. The molecule has 1 heterocycles. The van der Waals surface area contributed by atoms with Crippen LogP contribution in [0, 0.1) is 0 Å². The van der Waals surface area contributed by atoms with E-state index in [1.54, 1.807) is 0 Å². The highest BCUT2D eigenvalue weighted by molar-refractivity contribution is 5.69. The van der Waals surface area contributed by atoms with Gasteiger partial charge in [-0.05, 0) is 19.3 Å². The summed E-state index contributed by atoms with van der Waals surface area (Å²) in [5.74, 6) is -0.0620. The summed E-state index contributed by atoms with van der Waals surface area (Å²) in [4.78, 5) is 13.2. The van der Waals surface area contributed by atoms with Crippen LogP contribution in [0.25, 0.3) is 0 Å². The molecule has 3 heteroatoms. The van der Waals surface area contributed by atoms with Crippen LogP contribution in [0.1, 0.15) is 39.0 Å². The number of nitrogens with zero attached hydrogens (tertiary/aromatic N) is 1. The molecule has 76 valence electrons. The number of hydrogen-bond acceptors (Lipinski definition) is 3. The monoisotopic (exact) mass is 185 g/mol. The number of esters is 1. The molecule has 0 spiro atoms. The van der Waals surface area contributed by atoms with E-state index in [1.165, 1.54) is 19.3 Å². The third-order valence-corrected chi connectivity index (χ3v) is 2.31. The van der Waals surface area contributed by atoms with Crippen LogP contribution >= 0.6 is 0 Å². The molecule has 0 aromatic heterocycles. The van der Waals surface area contributed by atoms with Crippen LogP contribution in [0.3, 0.4) is 0 Å². The fraction of sp³-hybridized carbons (Fsp3) is 0.900. The van der Waals surface area contributed by atoms with E-state index in [0.717, 1.165) is 19.5 Å². The standard InChI is InChI=1S/C10H19NO2/c1-2-6-10(12)13-9-11-7-4-3-5-8-11/h2-9H2,1H3. The van der Waals surface area contributed by atoms with E-state index in [9.17, 15) is 4.79 Å². The van der Waals surface area contributed by atoms with E-state index in [1.807, 2.05) is 6.92 Å². The molecule has 0 unspecified atom stereocenters. The maximum Gasteiger partial charge on any atom is 0.307 e. The molecule has 13 heavy (non-hydrogen) atoms. The first-order valence-electron chi connectivity index (χ1n) is 5.21. The van der Waals surface area contributed by atoms with Gasteiger partial charge in [0.1, 0.15) is 6.73 Å². The zero-order valence-corrected chi connectivity index (χ0v) is 8.42. The lowest BCUT2D eigenvalue weighted by molar-refractivity contribution is -0.148. The normalized spacial score (nSPS) is 18.5. The third-order valence-electron chi connectivity index (χ3n) is 2.31. The van der Waals surface area contributed by atoms with Gasteiger partial charge in [0.25, 0.3) is 0 Å². The quantitative estimate of drug-likeness (QED) is 0.625. The summed E-state index contributed by atoms with van der Waals surface area (Å²) >= 11 is 0. The predicted octanol–water partition coefficient (Wildman–Crippen LogP) is 1.77. The minimum Gasteiger partial charge on any atom is -0.449 e. The van der Waals surface area contributed by atoms with E-state index in [2.05, 4.69) is 4.90 Å². The van der Waals surface area contributed by atoms with Crippen molar-refractivity contribution in [1.29, 1.82) is 0 Å². The maximum atomic E-state index is 11.0. The Bertz CT molecular complexity index is 153. The average molecular weight is 185 g/mol. The van der Waals surface area contributed by atoms with Gasteiger partial charge in [0.2, 0.25) is 0 Å². The SMILES string of the molecule is CCCC(=O)OCN1CCCCC1. The molecule has 0 amide bonds. The molecule has 1 rings (SSSR count). The van der Waals surface area contributed by atoms with Crippen LogP contribution in [-0.4, -0.2) is 30.7 Å². The molecule has 0 saturated carbocycles. The minimum atomic E-state index is -0.0620. The summed E-state index contributed by atoms with van der Waals surface area (Å²) in [5, 5.41) is 0. The second kappa shape index (κ2) is 5.97. The lowest BCUT2D eigenvalue weighted by Crippen LogP contribution is -2.32. The third kappa shape index (κ3) is 4.27. The fourth-order valence-electron chi connectivity index (χ4n) is 1.53. The number of carbonyl (C=O) groups excluding carboxylic acids is 1. The van der Waals surface area contributed by atoms with Crippen molar-refractivity contribution < 1.29 is 9.53 Å². The van der Waals surface area contributed by atoms with Gasteiger partial charge in [0.05, 0.1) is 0 Å². The van der Waals surface area contributed by atoms with Gasteiger partial charge in [0.15, 0.2) is 0 Å². The van der Waals surface area contributed by atoms with Crippen LogP contribution in [0.15, 0.2) is 0 Å². The van der Waals surface area contributed by atoms with Crippen LogP contribution < -0.4 is 0 Å². The molecule has 3 nitrogen and oxygen atoms in total. The highest BCUT2D eigenvalue weighted by atomic mass is 16.5. The van der Waals surface area contributed by atoms with Gasteiger partial charge >= 0.3 is 5.97 Å². The van der Waals surface area contributed by atoms with Gasteiger partial charge < -0.3 is 4.74 Å².